The van der Waals surface area contributed by atoms with Crippen LogP contribution in [0, 0.1) is 27.7 Å². The Balaban J connectivity index is 1.05. The molecule has 0 atom stereocenters. The summed E-state index contributed by atoms with van der Waals surface area (Å²) in [5.74, 6) is 0. The van der Waals surface area contributed by atoms with Gasteiger partial charge in [-0.1, -0.05) is 158 Å². The molecule has 0 N–H and O–H groups in total. The van der Waals surface area contributed by atoms with E-state index >= 15 is 0 Å². The van der Waals surface area contributed by atoms with Crippen molar-refractivity contribution in [1.82, 2.24) is 0 Å². The van der Waals surface area contributed by atoms with Crippen molar-refractivity contribution in [3.8, 4) is 22.3 Å². The Morgan fingerprint density at radius 1 is 0.250 bits per heavy atom. The van der Waals surface area contributed by atoms with Gasteiger partial charge in [-0.3, -0.25) is 0 Å². The molecular weight excluding hydrogens is 877 g/mol. The summed E-state index contributed by atoms with van der Waals surface area (Å²) in [5.41, 5.74) is 19.3. The summed E-state index contributed by atoms with van der Waals surface area (Å²) in [6.07, 6.45) is 0. The second-order valence-corrected chi connectivity index (χ2v) is 19.4. The molecule has 0 aliphatic carbocycles. The largest absolute Gasteiger partial charge is 0.454 e. The minimum absolute atomic E-state index is 0.857. The maximum Gasteiger partial charge on any atom is 0.159 e. The van der Waals surface area contributed by atoms with Crippen LogP contribution >= 0.6 is 0 Å². The van der Waals surface area contributed by atoms with Crippen molar-refractivity contribution >= 4 is 110 Å². The molecule has 72 heavy (non-hydrogen) atoms. The maximum absolute atomic E-state index is 6.87. The van der Waals surface area contributed by atoms with Gasteiger partial charge in [0.05, 0.1) is 22.7 Å². The number of hydrogen-bond acceptors (Lipinski definition) is 4. The molecule has 0 radical (unpaired) electrons. The van der Waals surface area contributed by atoms with Crippen LogP contribution in [0.25, 0.3) is 98.4 Å². The second kappa shape index (κ2) is 16.2. The average molecular weight is 925 g/mol. The summed E-state index contributed by atoms with van der Waals surface area (Å²) in [4.78, 5) is 4.90. The van der Waals surface area contributed by atoms with E-state index in [2.05, 4.69) is 256 Å². The molecule has 2 aromatic heterocycles. The van der Waals surface area contributed by atoms with E-state index in [1.165, 1.54) is 65.7 Å². The number of para-hydroxylation sites is 4. The van der Waals surface area contributed by atoms with Gasteiger partial charge >= 0.3 is 0 Å². The molecule has 0 fully saturated rings. The molecule has 14 aromatic rings. The lowest BCUT2D eigenvalue weighted by molar-refractivity contribution is 0.668. The van der Waals surface area contributed by atoms with Crippen molar-refractivity contribution in [1.29, 1.82) is 0 Å². The predicted molar refractivity (Wildman–Crippen MR) is 304 cm³/mol. The Kier molecular flexibility index (Phi) is 9.43. The van der Waals surface area contributed by atoms with Crippen molar-refractivity contribution in [3.63, 3.8) is 0 Å². The third-order valence-corrected chi connectivity index (χ3v) is 15.1. The van der Waals surface area contributed by atoms with Crippen molar-refractivity contribution in [2.24, 2.45) is 0 Å². The highest BCUT2D eigenvalue weighted by molar-refractivity contribution is 6.30. The first-order chi connectivity index (χ1) is 35.4. The highest BCUT2D eigenvalue weighted by atomic mass is 16.3. The molecule has 0 aliphatic heterocycles. The van der Waals surface area contributed by atoms with Crippen LogP contribution in [0.2, 0.25) is 0 Å². The van der Waals surface area contributed by atoms with Crippen LogP contribution in [0.1, 0.15) is 22.3 Å². The van der Waals surface area contributed by atoms with Crippen molar-refractivity contribution < 1.29 is 8.83 Å². The Labute approximate surface area is 417 Å². The molecule has 0 bridgehead atoms. The van der Waals surface area contributed by atoms with Gasteiger partial charge < -0.3 is 18.6 Å². The molecule has 0 saturated carbocycles. The van der Waals surface area contributed by atoms with Crippen LogP contribution in [0.15, 0.2) is 227 Å². The molecular formula is C68H48N2O2. The van der Waals surface area contributed by atoms with Crippen LogP contribution in [-0.4, -0.2) is 0 Å². The lowest BCUT2D eigenvalue weighted by Gasteiger charge is -2.31. The second-order valence-electron chi connectivity index (χ2n) is 19.4. The monoisotopic (exact) mass is 924 g/mol. The van der Waals surface area contributed by atoms with Gasteiger partial charge in [0.25, 0.3) is 0 Å². The van der Waals surface area contributed by atoms with Gasteiger partial charge in [-0.15, -0.1) is 0 Å². The van der Waals surface area contributed by atoms with Gasteiger partial charge in [0.1, 0.15) is 11.2 Å². The molecule has 4 heteroatoms. The van der Waals surface area contributed by atoms with E-state index < -0.39 is 0 Å². The average Bonchev–Trinajstić information content (AvgIpc) is 4.00. The number of aryl methyl sites for hydroxylation is 4. The smallest absolute Gasteiger partial charge is 0.159 e. The van der Waals surface area contributed by atoms with Crippen molar-refractivity contribution in [2.75, 3.05) is 9.80 Å². The molecule has 0 aliphatic rings. The van der Waals surface area contributed by atoms with Crippen LogP contribution < -0.4 is 9.80 Å². The standard InChI is InChI=1S/C68H48N2O2/c1-41-39-61(69(57-35-29-47(37-43(57)3)45-17-7-5-8-18-45)59-25-15-23-53-51-21-11-13-27-63(51)71-67(53)59)55-34-32-50-42(2)40-62(56-33-31-49(41)65(55)66(50)56)70(58-36-30-48(38-44(58)4)46-19-9-6-10-20-46)60-26-16-24-54-52-22-12-14-28-64(52)72-68(54)60/h5-40H,1-4H3. The minimum Gasteiger partial charge on any atom is -0.454 e. The highest BCUT2D eigenvalue weighted by Gasteiger charge is 2.28. The fourth-order valence-electron chi connectivity index (χ4n) is 11.7. The van der Waals surface area contributed by atoms with Gasteiger partial charge in [0, 0.05) is 43.7 Å². The van der Waals surface area contributed by atoms with Crippen molar-refractivity contribution in [3.05, 3.63) is 241 Å². The van der Waals surface area contributed by atoms with Crippen LogP contribution in [0.5, 0.6) is 0 Å². The first kappa shape index (κ1) is 41.8. The molecule has 12 aromatic carbocycles. The molecule has 2 heterocycles. The number of hydrogen-bond donors (Lipinski definition) is 0. The molecule has 14 rings (SSSR count). The number of fused-ring (bicyclic) bond motifs is 6. The Morgan fingerprint density at radius 2 is 0.639 bits per heavy atom. The first-order valence-electron chi connectivity index (χ1n) is 24.8. The highest BCUT2D eigenvalue weighted by Crippen LogP contribution is 2.52. The van der Waals surface area contributed by atoms with E-state index in [-0.39, 0.29) is 0 Å². The Bertz CT molecular complexity index is 4160. The minimum atomic E-state index is 0.857. The number of anilines is 6. The lowest BCUT2D eigenvalue weighted by atomic mass is 9.88. The summed E-state index contributed by atoms with van der Waals surface area (Å²) in [7, 11) is 0. The Morgan fingerprint density at radius 3 is 1.07 bits per heavy atom. The molecule has 0 unspecified atom stereocenters. The van der Waals surface area contributed by atoms with Crippen molar-refractivity contribution in [2.45, 2.75) is 27.7 Å². The lowest BCUT2D eigenvalue weighted by Crippen LogP contribution is -2.14. The molecule has 0 saturated heterocycles. The SMILES string of the molecule is Cc1cc(-c2ccccc2)ccc1N(c1cc(C)c2ccc3c(N(c4ccc(-c5ccccc5)cc4C)c4cccc5c4oc4ccccc45)cc(C)c4ccc1c2c43)c1cccc2c1oc1ccccc12. The number of benzene rings is 12. The predicted octanol–water partition coefficient (Wildman–Crippen LogP) is 19.9. The van der Waals surface area contributed by atoms with E-state index in [1.54, 1.807) is 0 Å². The van der Waals surface area contributed by atoms with Crippen LogP contribution in [0.4, 0.5) is 34.1 Å². The third-order valence-electron chi connectivity index (χ3n) is 15.1. The zero-order valence-electron chi connectivity index (χ0n) is 40.5. The summed E-state index contributed by atoms with van der Waals surface area (Å²) >= 11 is 0. The normalized spacial score (nSPS) is 11.9. The Hall–Kier alpha value is -9.12. The fourth-order valence-corrected chi connectivity index (χ4v) is 11.7. The van der Waals surface area contributed by atoms with E-state index in [1.807, 2.05) is 0 Å². The zero-order valence-corrected chi connectivity index (χ0v) is 40.5. The van der Waals surface area contributed by atoms with Gasteiger partial charge in [-0.25, -0.2) is 0 Å². The van der Waals surface area contributed by atoms with Gasteiger partial charge in [0.2, 0.25) is 0 Å². The summed E-state index contributed by atoms with van der Waals surface area (Å²) < 4.78 is 13.7. The maximum atomic E-state index is 6.87. The fraction of sp³-hybridized carbons (Fsp3) is 0.0588. The summed E-state index contributed by atoms with van der Waals surface area (Å²) in [6.45, 7) is 9.00. The topological polar surface area (TPSA) is 32.8 Å². The number of nitrogens with zero attached hydrogens (tertiary/aromatic N) is 2. The summed E-state index contributed by atoms with van der Waals surface area (Å²) in [5, 5.41) is 11.7. The first-order valence-corrected chi connectivity index (χ1v) is 24.8. The summed E-state index contributed by atoms with van der Waals surface area (Å²) in [6, 6.07) is 79.1. The molecule has 4 nitrogen and oxygen atoms in total. The number of furan rings is 2. The zero-order chi connectivity index (χ0) is 48.2. The van der Waals surface area contributed by atoms with E-state index in [9.17, 15) is 0 Å². The van der Waals surface area contributed by atoms with Crippen LogP contribution in [0.3, 0.4) is 0 Å². The van der Waals surface area contributed by atoms with Gasteiger partial charge in [-0.05, 0) is 154 Å². The van der Waals surface area contributed by atoms with E-state index in [0.29, 0.717) is 0 Å². The van der Waals surface area contributed by atoms with E-state index in [0.717, 1.165) is 89.1 Å². The van der Waals surface area contributed by atoms with Crippen LogP contribution in [-0.2, 0) is 0 Å². The van der Waals surface area contributed by atoms with E-state index in [4.69, 9.17) is 8.83 Å². The molecule has 0 spiro atoms. The van der Waals surface area contributed by atoms with Gasteiger partial charge in [0.15, 0.2) is 11.2 Å². The van der Waals surface area contributed by atoms with Gasteiger partial charge in [-0.2, -0.15) is 0 Å². The third kappa shape index (κ3) is 6.39. The number of rotatable bonds is 8. The quantitative estimate of drug-likeness (QED) is 0.142. The molecule has 0 amide bonds. The molecule has 342 valence electrons.